The lowest BCUT2D eigenvalue weighted by Crippen LogP contribution is -2.41. The third-order valence-corrected chi connectivity index (χ3v) is 4.29. The summed E-state index contributed by atoms with van der Waals surface area (Å²) in [6.45, 7) is 2.01. The Kier molecular flexibility index (Phi) is 4.19. The van der Waals surface area contributed by atoms with Crippen LogP contribution in [0.25, 0.3) is 0 Å². The number of carboxylic acid groups (broad SMARTS) is 1. The summed E-state index contributed by atoms with van der Waals surface area (Å²) < 4.78 is 0. The van der Waals surface area contributed by atoms with Gasteiger partial charge in [-0.15, -0.1) is 11.3 Å². The Balaban J connectivity index is 1.93. The predicted octanol–water partition coefficient (Wildman–Crippen LogP) is 1.30. The monoisotopic (exact) mass is 269 g/mol. The summed E-state index contributed by atoms with van der Waals surface area (Å²) in [7, 11) is 4.24. The Bertz CT molecular complexity index is 411. The molecule has 5 nitrogen and oxygen atoms in total. The van der Waals surface area contributed by atoms with Crippen molar-refractivity contribution in [3.8, 4) is 0 Å². The number of carboxylic acids is 1. The summed E-state index contributed by atoms with van der Waals surface area (Å²) in [5.41, 5.74) is 0.664. The molecule has 6 heteroatoms. The van der Waals surface area contributed by atoms with Crippen molar-refractivity contribution in [1.29, 1.82) is 0 Å². The molecule has 0 unspecified atom stereocenters. The molecule has 1 aromatic heterocycles. The Morgan fingerprint density at radius 2 is 2.22 bits per heavy atom. The van der Waals surface area contributed by atoms with Crippen molar-refractivity contribution in [3.05, 3.63) is 11.1 Å². The normalized spacial score (nSPS) is 17.4. The van der Waals surface area contributed by atoms with Crippen LogP contribution in [0.1, 0.15) is 18.5 Å². The lowest BCUT2D eigenvalue weighted by atomic mass is 10.0. The molecule has 0 amide bonds. The highest BCUT2D eigenvalue weighted by Crippen LogP contribution is 2.25. The van der Waals surface area contributed by atoms with Crippen LogP contribution in [0, 0.1) is 0 Å². The average Bonchev–Trinajstić information content (AvgIpc) is 2.76. The molecule has 1 saturated heterocycles. The number of anilines is 1. The molecular formula is C12H19N3O2S. The van der Waals surface area contributed by atoms with E-state index in [2.05, 4.69) is 28.9 Å². The van der Waals surface area contributed by atoms with E-state index in [4.69, 9.17) is 5.11 Å². The van der Waals surface area contributed by atoms with Crippen molar-refractivity contribution >= 4 is 22.4 Å². The third kappa shape index (κ3) is 3.20. The summed E-state index contributed by atoms with van der Waals surface area (Å²) in [6, 6.07) is 0.653. The Morgan fingerprint density at radius 3 is 2.78 bits per heavy atom. The molecule has 100 valence electrons. The molecule has 1 fully saturated rings. The maximum Gasteiger partial charge on any atom is 0.309 e. The second-order valence-electron chi connectivity index (χ2n) is 4.87. The van der Waals surface area contributed by atoms with Crippen molar-refractivity contribution < 1.29 is 9.90 Å². The van der Waals surface area contributed by atoms with Gasteiger partial charge in [0.05, 0.1) is 12.1 Å². The zero-order valence-electron chi connectivity index (χ0n) is 10.8. The molecule has 0 radical (unpaired) electrons. The molecule has 1 N–H and O–H groups in total. The van der Waals surface area contributed by atoms with Gasteiger partial charge >= 0.3 is 5.97 Å². The van der Waals surface area contributed by atoms with E-state index in [0.29, 0.717) is 11.7 Å². The van der Waals surface area contributed by atoms with Gasteiger partial charge in [-0.2, -0.15) is 0 Å². The molecule has 0 spiro atoms. The van der Waals surface area contributed by atoms with Gasteiger partial charge < -0.3 is 14.9 Å². The number of aromatic nitrogens is 1. The number of rotatable bonds is 4. The van der Waals surface area contributed by atoms with Crippen LogP contribution in [0.2, 0.25) is 0 Å². The molecule has 0 aliphatic carbocycles. The first-order valence-corrected chi connectivity index (χ1v) is 7.02. The van der Waals surface area contributed by atoms with Gasteiger partial charge in [0.25, 0.3) is 0 Å². The largest absolute Gasteiger partial charge is 0.481 e. The molecule has 1 aliphatic heterocycles. The Labute approximate surface area is 111 Å². The molecule has 1 aliphatic rings. The van der Waals surface area contributed by atoms with Crippen molar-refractivity contribution in [3.63, 3.8) is 0 Å². The number of aliphatic carboxylic acids is 1. The summed E-state index contributed by atoms with van der Waals surface area (Å²) in [5, 5.41) is 11.5. The van der Waals surface area contributed by atoms with E-state index in [0.717, 1.165) is 31.1 Å². The van der Waals surface area contributed by atoms with Gasteiger partial charge in [-0.25, -0.2) is 4.98 Å². The van der Waals surface area contributed by atoms with Gasteiger partial charge in [-0.05, 0) is 26.9 Å². The number of carbonyl (C=O) groups is 1. The summed E-state index contributed by atoms with van der Waals surface area (Å²) in [5.74, 6) is -0.821. The van der Waals surface area contributed by atoms with E-state index in [9.17, 15) is 4.79 Å². The Morgan fingerprint density at radius 1 is 1.56 bits per heavy atom. The lowest BCUT2D eigenvalue weighted by Gasteiger charge is -2.35. The van der Waals surface area contributed by atoms with Crippen LogP contribution < -0.4 is 4.90 Å². The standard InChI is InChI=1S/C12H19N3O2S/c1-14(2)10-3-5-15(6-4-10)12-13-9(8-18-12)7-11(16)17/h8,10H,3-7H2,1-2H3,(H,16,17). The molecule has 18 heavy (non-hydrogen) atoms. The van der Waals surface area contributed by atoms with Crippen LogP contribution in [-0.4, -0.2) is 54.2 Å². The zero-order chi connectivity index (χ0) is 13.1. The van der Waals surface area contributed by atoms with Gasteiger partial charge in [-0.3, -0.25) is 4.79 Å². The second kappa shape index (κ2) is 5.67. The highest BCUT2D eigenvalue weighted by molar-refractivity contribution is 7.13. The fourth-order valence-corrected chi connectivity index (χ4v) is 3.13. The van der Waals surface area contributed by atoms with Gasteiger partial charge in [0.15, 0.2) is 5.13 Å². The van der Waals surface area contributed by atoms with Gasteiger partial charge in [0.1, 0.15) is 0 Å². The molecule has 0 aromatic carbocycles. The van der Waals surface area contributed by atoms with Crippen molar-refractivity contribution in [2.75, 3.05) is 32.1 Å². The SMILES string of the molecule is CN(C)C1CCN(c2nc(CC(=O)O)cs2)CC1. The average molecular weight is 269 g/mol. The maximum absolute atomic E-state index is 10.6. The number of thiazole rings is 1. The maximum atomic E-state index is 10.6. The minimum Gasteiger partial charge on any atom is -0.481 e. The van der Waals surface area contributed by atoms with E-state index in [1.807, 2.05) is 5.38 Å². The van der Waals surface area contributed by atoms with Crippen molar-refractivity contribution in [2.45, 2.75) is 25.3 Å². The minimum absolute atomic E-state index is 0.0185. The van der Waals surface area contributed by atoms with E-state index in [-0.39, 0.29) is 6.42 Å². The van der Waals surface area contributed by atoms with Gasteiger partial charge in [0, 0.05) is 24.5 Å². The molecule has 0 bridgehead atoms. The first-order chi connectivity index (χ1) is 8.56. The summed E-state index contributed by atoms with van der Waals surface area (Å²) in [4.78, 5) is 19.5. The minimum atomic E-state index is -0.821. The molecule has 1 aromatic rings. The summed E-state index contributed by atoms with van der Waals surface area (Å²) in [6.07, 6.45) is 2.30. The van der Waals surface area contributed by atoms with Gasteiger partial charge in [-0.1, -0.05) is 0 Å². The van der Waals surface area contributed by atoms with Crippen molar-refractivity contribution in [1.82, 2.24) is 9.88 Å². The molecule has 0 saturated carbocycles. The molecule has 0 atom stereocenters. The van der Waals surface area contributed by atoms with Crippen LogP contribution in [0.3, 0.4) is 0 Å². The smallest absolute Gasteiger partial charge is 0.309 e. The van der Waals surface area contributed by atoms with Gasteiger partial charge in [0.2, 0.25) is 0 Å². The fraction of sp³-hybridized carbons (Fsp3) is 0.667. The number of hydrogen-bond acceptors (Lipinski definition) is 5. The van der Waals surface area contributed by atoms with Crippen LogP contribution in [0.15, 0.2) is 5.38 Å². The van der Waals surface area contributed by atoms with Crippen LogP contribution in [-0.2, 0) is 11.2 Å². The summed E-state index contributed by atoms with van der Waals surface area (Å²) >= 11 is 1.55. The number of hydrogen-bond donors (Lipinski definition) is 1. The molecule has 2 rings (SSSR count). The second-order valence-corrected chi connectivity index (χ2v) is 5.71. The highest BCUT2D eigenvalue weighted by Gasteiger charge is 2.22. The van der Waals surface area contributed by atoms with Crippen LogP contribution >= 0.6 is 11.3 Å². The first-order valence-electron chi connectivity index (χ1n) is 6.14. The zero-order valence-corrected chi connectivity index (χ0v) is 11.6. The third-order valence-electron chi connectivity index (χ3n) is 3.34. The highest BCUT2D eigenvalue weighted by atomic mass is 32.1. The lowest BCUT2D eigenvalue weighted by molar-refractivity contribution is -0.136. The van der Waals surface area contributed by atoms with E-state index in [1.165, 1.54) is 0 Å². The van der Waals surface area contributed by atoms with Crippen molar-refractivity contribution in [2.24, 2.45) is 0 Å². The number of nitrogens with zero attached hydrogens (tertiary/aromatic N) is 3. The predicted molar refractivity (Wildman–Crippen MR) is 72.4 cm³/mol. The first kappa shape index (κ1) is 13.3. The number of piperidine rings is 1. The van der Waals surface area contributed by atoms with E-state index >= 15 is 0 Å². The molecular weight excluding hydrogens is 250 g/mol. The van der Waals surface area contributed by atoms with Crippen LogP contribution in [0.4, 0.5) is 5.13 Å². The van der Waals surface area contributed by atoms with E-state index < -0.39 is 5.97 Å². The Hall–Kier alpha value is -1.14. The topological polar surface area (TPSA) is 56.7 Å². The van der Waals surface area contributed by atoms with Crippen LogP contribution in [0.5, 0.6) is 0 Å². The quantitative estimate of drug-likeness (QED) is 0.893. The van der Waals surface area contributed by atoms with E-state index in [1.54, 1.807) is 11.3 Å². The fourth-order valence-electron chi connectivity index (χ4n) is 2.25. The molecule has 2 heterocycles.